The molecule has 2 nitrogen and oxygen atoms in total. The highest BCUT2D eigenvalue weighted by Crippen LogP contribution is 2.27. The van der Waals surface area contributed by atoms with Gasteiger partial charge in [-0.15, -0.1) is 0 Å². The van der Waals surface area contributed by atoms with E-state index in [1.807, 2.05) is 0 Å². The van der Waals surface area contributed by atoms with Crippen molar-refractivity contribution >= 4 is 0 Å². The SMILES string of the molecule is CC(C)(CO)c1ccccc1CN1CCCCC1. The quantitative estimate of drug-likeness (QED) is 0.884. The van der Waals surface area contributed by atoms with Crippen LogP contribution in [0.3, 0.4) is 0 Å². The molecule has 1 aliphatic rings. The van der Waals surface area contributed by atoms with Crippen molar-refractivity contribution in [3.63, 3.8) is 0 Å². The molecule has 0 atom stereocenters. The lowest BCUT2D eigenvalue weighted by Gasteiger charge is -2.30. The maximum absolute atomic E-state index is 9.56. The molecule has 0 amide bonds. The summed E-state index contributed by atoms with van der Waals surface area (Å²) in [6, 6.07) is 8.56. The summed E-state index contributed by atoms with van der Waals surface area (Å²) < 4.78 is 0. The van der Waals surface area contributed by atoms with Crippen LogP contribution in [-0.2, 0) is 12.0 Å². The van der Waals surface area contributed by atoms with Crippen LogP contribution in [0.4, 0.5) is 0 Å². The molecule has 18 heavy (non-hydrogen) atoms. The molecule has 100 valence electrons. The summed E-state index contributed by atoms with van der Waals surface area (Å²) in [6.07, 6.45) is 4.03. The molecule has 1 fully saturated rings. The molecule has 0 saturated carbocycles. The zero-order chi connectivity index (χ0) is 13.0. The Morgan fingerprint density at radius 1 is 1.11 bits per heavy atom. The molecule has 0 unspecified atom stereocenters. The summed E-state index contributed by atoms with van der Waals surface area (Å²) in [5.41, 5.74) is 2.52. The fraction of sp³-hybridized carbons (Fsp3) is 0.625. The van der Waals surface area contributed by atoms with Crippen LogP contribution in [0.15, 0.2) is 24.3 Å². The van der Waals surface area contributed by atoms with Crippen LogP contribution in [0, 0.1) is 0 Å². The van der Waals surface area contributed by atoms with Gasteiger partial charge in [0.1, 0.15) is 0 Å². The van der Waals surface area contributed by atoms with Gasteiger partial charge in [-0.2, -0.15) is 0 Å². The van der Waals surface area contributed by atoms with Gasteiger partial charge in [0.2, 0.25) is 0 Å². The van der Waals surface area contributed by atoms with Gasteiger partial charge in [0.05, 0.1) is 6.61 Å². The van der Waals surface area contributed by atoms with Crippen molar-refractivity contribution < 1.29 is 5.11 Å². The molecule has 0 radical (unpaired) electrons. The van der Waals surface area contributed by atoms with Crippen molar-refractivity contribution in [2.75, 3.05) is 19.7 Å². The van der Waals surface area contributed by atoms with Crippen molar-refractivity contribution in [3.05, 3.63) is 35.4 Å². The molecule has 0 spiro atoms. The Balaban J connectivity index is 2.16. The maximum Gasteiger partial charge on any atom is 0.0522 e. The normalized spacial score (nSPS) is 17.9. The van der Waals surface area contributed by atoms with Crippen molar-refractivity contribution in [3.8, 4) is 0 Å². The van der Waals surface area contributed by atoms with Gasteiger partial charge in [0, 0.05) is 12.0 Å². The molecule has 1 saturated heterocycles. The summed E-state index contributed by atoms with van der Waals surface area (Å²) in [4.78, 5) is 2.54. The minimum absolute atomic E-state index is 0.146. The number of benzene rings is 1. The first-order valence-corrected chi connectivity index (χ1v) is 7.05. The van der Waals surface area contributed by atoms with E-state index in [1.54, 1.807) is 0 Å². The van der Waals surface area contributed by atoms with Crippen LogP contribution in [-0.4, -0.2) is 29.7 Å². The second-order valence-electron chi connectivity index (χ2n) is 6.04. The minimum atomic E-state index is -0.146. The van der Waals surface area contributed by atoms with E-state index in [2.05, 4.69) is 43.0 Å². The number of hydrogen-bond acceptors (Lipinski definition) is 2. The predicted molar refractivity (Wildman–Crippen MR) is 75.7 cm³/mol. The highest BCUT2D eigenvalue weighted by Gasteiger charge is 2.23. The van der Waals surface area contributed by atoms with Gasteiger partial charge < -0.3 is 5.11 Å². The molecular formula is C16H25NO. The van der Waals surface area contributed by atoms with Gasteiger partial charge in [0.15, 0.2) is 0 Å². The van der Waals surface area contributed by atoms with E-state index in [-0.39, 0.29) is 12.0 Å². The van der Waals surface area contributed by atoms with Gasteiger partial charge >= 0.3 is 0 Å². The van der Waals surface area contributed by atoms with Crippen LogP contribution in [0.25, 0.3) is 0 Å². The molecule has 2 heteroatoms. The molecule has 1 aromatic carbocycles. The number of piperidine rings is 1. The molecule has 2 rings (SSSR count). The average molecular weight is 247 g/mol. The lowest BCUT2D eigenvalue weighted by molar-refractivity contribution is 0.206. The Kier molecular flexibility index (Phi) is 4.41. The van der Waals surface area contributed by atoms with Gasteiger partial charge in [-0.05, 0) is 37.1 Å². The zero-order valence-electron chi connectivity index (χ0n) is 11.7. The lowest BCUT2D eigenvalue weighted by Crippen LogP contribution is -2.31. The molecule has 1 aromatic rings. The molecule has 1 heterocycles. The maximum atomic E-state index is 9.56. The molecule has 1 aliphatic heterocycles. The first-order valence-electron chi connectivity index (χ1n) is 7.05. The fourth-order valence-corrected chi connectivity index (χ4v) is 2.76. The van der Waals surface area contributed by atoms with E-state index in [9.17, 15) is 5.11 Å². The van der Waals surface area contributed by atoms with Crippen molar-refractivity contribution in [1.29, 1.82) is 0 Å². The summed E-state index contributed by atoms with van der Waals surface area (Å²) >= 11 is 0. The standard InChI is InChI=1S/C16H25NO/c1-16(2,13-18)15-9-5-4-8-14(15)12-17-10-6-3-7-11-17/h4-5,8-9,18H,3,6-7,10-13H2,1-2H3. The summed E-state index contributed by atoms with van der Waals surface area (Å²) in [6.45, 7) is 7.88. The van der Waals surface area contributed by atoms with Crippen LogP contribution in [0.5, 0.6) is 0 Å². The number of hydrogen-bond donors (Lipinski definition) is 1. The van der Waals surface area contributed by atoms with Crippen molar-refractivity contribution in [2.45, 2.75) is 45.1 Å². The smallest absolute Gasteiger partial charge is 0.0522 e. The summed E-state index contributed by atoms with van der Waals surface area (Å²) in [5.74, 6) is 0. The molecule has 0 aromatic heterocycles. The molecule has 1 N–H and O–H groups in total. The third-order valence-electron chi connectivity index (χ3n) is 3.98. The lowest BCUT2D eigenvalue weighted by atomic mass is 9.82. The second-order valence-corrected chi connectivity index (χ2v) is 6.04. The Hall–Kier alpha value is -0.860. The predicted octanol–water partition coefficient (Wildman–Crippen LogP) is 2.94. The largest absolute Gasteiger partial charge is 0.395 e. The number of aliphatic hydroxyl groups excluding tert-OH is 1. The number of nitrogens with zero attached hydrogens (tertiary/aromatic N) is 1. The monoisotopic (exact) mass is 247 g/mol. The topological polar surface area (TPSA) is 23.5 Å². The van der Waals surface area contributed by atoms with Gasteiger partial charge in [0.25, 0.3) is 0 Å². The van der Waals surface area contributed by atoms with Gasteiger partial charge in [-0.1, -0.05) is 44.5 Å². The molecule has 0 aliphatic carbocycles. The van der Waals surface area contributed by atoms with Crippen LogP contribution in [0.1, 0.15) is 44.2 Å². The molecular weight excluding hydrogens is 222 g/mol. The third-order valence-corrected chi connectivity index (χ3v) is 3.98. The second kappa shape index (κ2) is 5.85. The Bertz CT molecular complexity index is 380. The average Bonchev–Trinajstić information content (AvgIpc) is 2.40. The summed E-state index contributed by atoms with van der Waals surface area (Å²) in [5, 5.41) is 9.56. The number of rotatable bonds is 4. The van der Waals surface area contributed by atoms with E-state index >= 15 is 0 Å². The van der Waals surface area contributed by atoms with E-state index in [0.29, 0.717) is 0 Å². The zero-order valence-corrected chi connectivity index (χ0v) is 11.7. The van der Waals surface area contributed by atoms with Crippen LogP contribution >= 0.6 is 0 Å². The Labute approximate surface area is 111 Å². The van der Waals surface area contributed by atoms with E-state index in [1.165, 1.54) is 43.5 Å². The third kappa shape index (κ3) is 3.12. The van der Waals surface area contributed by atoms with Crippen LogP contribution in [0.2, 0.25) is 0 Å². The van der Waals surface area contributed by atoms with E-state index in [4.69, 9.17) is 0 Å². The Morgan fingerprint density at radius 2 is 1.78 bits per heavy atom. The van der Waals surface area contributed by atoms with Gasteiger partial charge in [-0.3, -0.25) is 4.90 Å². The first kappa shape index (κ1) is 13.6. The summed E-state index contributed by atoms with van der Waals surface area (Å²) in [7, 11) is 0. The fourth-order valence-electron chi connectivity index (χ4n) is 2.76. The van der Waals surface area contributed by atoms with Crippen LogP contribution < -0.4 is 0 Å². The highest BCUT2D eigenvalue weighted by atomic mass is 16.3. The van der Waals surface area contributed by atoms with Crippen molar-refractivity contribution in [1.82, 2.24) is 4.90 Å². The number of aliphatic hydroxyl groups is 1. The van der Waals surface area contributed by atoms with Gasteiger partial charge in [-0.25, -0.2) is 0 Å². The van der Waals surface area contributed by atoms with E-state index in [0.717, 1.165) is 6.54 Å². The van der Waals surface area contributed by atoms with Crippen molar-refractivity contribution in [2.24, 2.45) is 0 Å². The Morgan fingerprint density at radius 3 is 2.44 bits per heavy atom. The highest BCUT2D eigenvalue weighted by molar-refractivity contribution is 5.33. The minimum Gasteiger partial charge on any atom is -0.395 e. The van der Waals surface area contributed by atoms with E-state index < -0.39 is 0 Å². The number of likely N-dealkylation sites (tertiary alicyclic amines) is 1. The first-order chi connectivity index (χ1) is 8.63. The molecule has 0 bridgehead atoms.